The van der Waals surface area contributed by atoms with Crippen LogP contribution in [0.25, 0.3) is 112 Å². The maximum absolute atomic E-state index is 6.45. The number of nitrogens with zero attached hydrogens (tertiary/aromatic N) is 4. The Kier molecular flexibility index (Phi) is 8.04. The van der Waals surface area contributed by atoms with Crippen molar-refractivity contribution in [2.24, 2.45) is 0 Å². The first-order valence-corrected chi connectivity index (χ1v) is 19.2. The van der Waals surface area contributed by atoms with Crippen molar-refractivity contribution < 1.29 is 8.83 Å². The summed E-state index contributed by atoms with van der Waals surface area (Å²) in [5.74, 6) is 2.36. The van der Waals surface area contributed by atoms with E-state index in [0.29, 0.717) is 23.4 Å². The van der Waals surface area contributed by atoms with Crippen LogP contribution in [0.1, 0.15) is 0 Å². The summed E-state index contributed by atoms with van der Waals surface area (Å²) in [4.78, 5) is 20.0. The highest BCUT2D eigenvalue weighted by molar-refractivity contribution is 6.13. The Morgan fingerprint density at radius 2 is 0.810 bits per heavy atom. The van der Waals surface area contributed by atoms with Crippen molar-refractivity contribution in [2.75, 3.05) is 0 Å². The topological polar surface area (TPSA) is 77.8 Å². The number of furan rings is 1. The van der Waals surface area contributed by atoms with Gasteiger partial charge in [0.05, 0.1) is 0 Å². The van der Waals surface area contributed by atoms with E-state index in [1.54, 1.807) is 0 Å². The molecule has 0 aliphatic heterocycles. The molecule has 0 fully saturated rings. The van der Waals surface area contributed by atoms with Crippen molar-refractivity contribution in [2.45, 2.75) is 0 Å². The first-order chi connectivity index (χ1) is 28.7. The molecule has 6 nitrogen and oxygen atoms in total. The number of fused-ring (bicyclic) bond motifs is 4. The second-order valence-electron chi connectivity index (χ2n) is 14.3. The van der Waals surface area contributed by atoms with E-state index in [0.717, 1.165) is 88.7 Å². The Labute approximate surface area is 333 Å². The van der Waals surface area contributed by atoms with Crippen LogP contribution in [0.4, 0.5) is 0 Å². The predicted molar refractivity (Wildman–Crippen MR) is 233 cm³/mol. The lowest BCUT2D eigenvalue weighted by atomic mass is 10.00. The van der Waals surface area contributed by atoms with Gasteiger partial charge in [-0.05, 0) is 75.8 Å². The quantitative estimate of drug-likeness (QED) is 0.162. The number of hydrogen-bond donors (Lipinski definition) is 0. The van der Waals surface area contributed by atoms with Gasteiger partial charge in [0, 0.05) is 33.0 Å². The third-order valence-electron chi connectivity index (χ3n) is 10.6. The van der Waals surface area contributed by atoms with Gasteiger partial charge in [-0.25, -0.2) is 19.9 Å². The Hall–Kier alpha value is -7.96. The Morgan fingerprint density at radius 1 is 0.293 bits per heavy atom. The van der Waals surface area contributed by atoms with E-state index < -0.39 is 0 Å². The number of rotatable bonds is 7. The van der Waals surface area contributed by atoms with E-state index in [9.17, 15) is 0 Å². The molecule has 0 bridgehead atoms. The van der Waals surface area contributed by atoms with Crippen LogP contribution in [0, 0.1) is 0 Å². The summed E-state index contributed by atoms with van der Waals surface area (Å²) in [6.07, 6.45) is 0. The van der Waals surface area contributed by atoms with Crippen LogP contribution in [-0.2, 0) is 0 Å². The van der Waals surface area contributed by atoms with Crippen LogP contribution in [-0.4, -0.2) is 19.9 Å². The molecule has 0 spiro atoms. The number of hydrogen-bond acceptors (Lipinski definition) is 6. The Morgan fingerprint density at radius 3 is 1.55 bits per heavy atom. The van der Waals surface area contributed by atoms with Gasteiger partial charge in [0.25, 0.3) is 0 Å². The van der Waals surface area contributed by atoms with E-state index in [4.69, 9.17) is 28.8 Å². The van der Waals surface area contributed by atoms with Crippen LogP contribution in [0.5, 0.6) is 0 Å². The minimum atomic E-state index is 0.571. The monoisotopic (exact) mass is 744 g/mol. The van der Waals surface area contributed by atoms with Crippen LogP contribution < -0.4 is 0 Å². The van der Waals surface area contributed by atoms with Gasteiger partial charge in [0.15, 0.2) is 23.1 Å². The largest absolute Gasteiger partial charge is 0.456 e. The molecule has 0 radical (unpaired) electrons. The van der Waals surface area contributed by atoms with Gasteiger partial charge in [-0.15, -0.1) is 0 Å². The zero-order valence-electron chi connectivity index (χ0n) is 31.1. The van der Waals surface area contributed by atoms with Gasteiger partial charge in [-0.1, -0.05) is 152 Å². The molecule has 0 aliphatic rings. The Balaban J connectivity index is 0.999. The minimum Gasteiger partial charge on any atom is -0.456 e. The third-order valence-corrected chi connectivity index (χ3v) is 10.6. The summed E-state index contributed by atoms with van der Waals surface area (Å²) in [6, 6.07) is 65.9. The van der Waals surface area contributed by atoms with Crippen LogP contribution in [0.15, 0.2) is 203 Å². The summed E-state index contributed by atoms with van der Waals surface area (Å²) in [5.41, 5.74) is 13.2. The van der Waals surface area contributed by atoms with Crippen molar-refractivity contribution >= 4 is 33.0 Å². The summed E-state index contributed by atoms with van der Waals surface area (Å²) in [7, 11) is 0. The normalized spacial score (nSPS) is 11.4. The van der Waals surface area contributed by atoms with Crippen molar-refractivity contribution in [1.29, 1.82) is 0 Å². The molecule has 0 N–H and O–H groups in total. The summed E-state index contributed by atoms with van der Waals surface area (Å²) < 4.78 is 12.9. The van der Waals surface area contributed by atoms with Gasteiger partial charge in [-0.2, -0.15) is 0 Å². The maximum atomic E-state index is 6.45. The standard InChI is InChI=1S/C52H32N4O2/c1-4-12-33(13-5-1)35-22-24-37(25-23-35)50-54-49(36-16-8-3-9-17-36)55-51(56-50)42-20-11-21-46-48(42)43-31-39(27-29-45(43)57-46)40-26-28-44-47(32-40)58-52(53-44)41-19-10-18-38(30-41)34-14-6-2-7-15-34/h1-32H. The molecular weight excluding hydrogens is 713 g/mol. The van der Waals surface area contributed by atoms with E-state index in [1.165, 1.54) is 0 Å². The molecule has 11 rings (SSSR count). The first-order valence-electron chi connectivity index (χ1n) is 19.2. The van der Waals surface area contributed by atoms with Gasteiger partial charge in [0.2, 0.25) is 5.89 Å². The second kappa shape index (κ2) is 14.0. The average molecular weight is 745 g/mol. The second-order valence-corrected chi connectivity index (χ2v) is 14.3. The fourth-order valence-corrected chi connectivity index (χ4v) is 7.67. The maximum Gasteiger partial charge on any atom is 0.227 e. The zero-order valence-corrected chi connectivity index (χ0v) is 31.1. The molecule has 11 aromatic rings. The highest BCUT2D eigenvalue weighted by atomic mass is 16.3. The van der Waals surface area contributed by atoms with Crippen molar-refractivity contribution in [3.05, 3.63) is 194 Å². The molecule has 3 heterocycles. The van der Waals surface area contributed by atoms with E-state index in [-0.39, 0.29) is 0 Å². The summed E-state index contributed by atoms with van der Waals surface area (Å²) >= 11 is 0. The molecule has 0 unspecified atom stereocenters. The number of aromatic nitrogens is 4. The minimum absolute atomic E-state index is 0.571. The molecule has 58 heavy (non-hydrogen) atoms. The lowest BCUT2D eigenvalue weighted by Crippen LogP contribution is -2.00. The fourth-order valence-electron chi connectivity index (χ4n) is 7.67. The van der Waals surface area contributed by atoms with Crippen LogP contribution in [0.3, 0.4) is 0 Å². The molecule has 3 aromatic heterocycles. The zero-order chi connectivity index (χ0) is 38.4. The van der Waals surface area contributed by atoms with Crippen LogP contribution >= 0.6 is 0 Å². The molecule has 0 amide bonds. The van der Waals surface area contributed by atoms with Gasteiger partial charge in [0.1, 0.15) is 16.7 Å². The lowest BCUT2D eigenvalue weighted by molar-refractivity contribution is 0.620. The fraction of sp³-hybridized carbons (Fsp3) is 0. The third kappa shape index (κ3) is 6.10. The smallest absolute Gasteiger partial charge is 0.227 e. The summed E-state index contributed by atoms with van der Waals surface area (Å²) in [5, 5.41) is 1.91. The van der Waals surface area contributed by atoms with Crippen LogP contribution in [0.2, 0.25) is 0 Å². The van der Waals surface area contributed by atoms with E-state index in [1.807, 2.05) is 91.0 Å². The summed E-state index contributed by atoms with van der Waals surface area (Å²) in [6.45, 7) is 0. The highest BCUT2D eigenvalue weighted by Gasteiger charge is 2.19. The molecule has 0 saturated carbocycles. The molecule has 0 aliphatic carbocycles. The first kappa shape index (κ1) is 33.4. The average Bonchev–Trinajstić information content (AvgIpc) is 3.91. The van der Waals surface area contributed by atoms with Crippen molar-refractivity contribution in [3.63, 3.8) is 0 Å². The lowest BCUT2D eigenvalue weighted by Gasteiger charge is -2.10. The number of benzene rings is 8. The molecular formula is C52H32N4O2. The predicted octanol–water partition coefficient (Wildman–Crippen LogP) is 13.6. The molecule has 0 saturated heterocycles. The van der Waals surface area contributed by atoms with Gasteiger partial charge in [-0.3, -0.25) is 0 Å². The number of oxazole rings is 1. The molecule has 272 valence electrons. The van der Waals surface area contributed by atoms with E-state index in [2.05, 4.69) is 103 Å². The van der Waals surface area contributed by atoms with Gasteiger partial charge >= 0.3 is 0 Å². The molecule has 8 aromatic carbocycles. The molecule has 0 atom stereocenters. The molecule has 6 heteroatoms. The SMILES string of the molecule is c1ccc(-c2ccc(-c3nc(-c4ccccc4)nc(-c4cccc5oc6ccc(-c7ccc8nc(-c9cccc(-c%10ccccc%10)c9)oc8c7)cc6c45)n3)cc2)cc1. The highest BCUT2D eigenvalue weighted by Crippen LogP contribution is 2.39. The van der Waals surface area contributed by atoms with Crippen molar-refractivity contribution in [3.8, 4) is 79.0 Å². The van der Waals surface area contributed by atoms with E-state index >= 15 is 0 Å². The van der Waals surface area contributed by atoms with Gasteiger partial charge < -0.3 is 8.83 Å². The van der Waals surface area contributed by atoms with Crippen molar-refractivity contribution in [1.82, 2.24) is 19.9 Å². The Bertz CT molecular complexity index is 3260.